The zero-order valence-corrected chi connectivity index (χ0v) is 17.9. The minimum atomic E-state index is -0.188. The first-order valence-corrected chi connectivity index (χ1v) is 10.7. The number of ether oxygens (including phenoxy) is 1. The Morgan fingerprint density at radius 1 is 1.23 bits per heavy atom. The van der Waals surface area contributed by atoms with Crippen molar-refractivity contribution in [3.63, 3.8) is 0 Å². The van der Waals surface area contributed by atoms with E-state index in [2.05, 4.69) is 21.3 Å². The molecule has 1 heterocycles. The molecule has 2 amide bonds. The van der Waals surface area contributed by atoms with Crippen LogP contribution in [0.25, 0.3) is 22.2 Å². The van der Waals surface area contributed by atoms with E-state index in [1.807, 2.05) is 50.2 Å². The number of nitrogens with zero attached hydrogens (tertiary/aromatic N) is 1. The van der Waals surface area contributed by atoms with Gasteiger partial charge < -0.3 is 25.7 Å². The molecule has 1 saturated carbocycles. The van der Waals surface area contributed by atoms with Crippen LogP contribution < -0.4 is 21.1 Å². The largest absolute Gasteiger partial charge is 0.497 e. The van der Waals surface area contributed by atoms with Gasteiger partial charge in [-0.2, -0.15) is 0 Å². The van der Waals surface area contributed by atoms with Gasteiger partial charge in [-0.25, -0.2) is 4.79 Å². The molecule has 0 aliphatic heterocycles. The number of carbonyl (C=O) groups is 1. The van der Waals surface area contributed by atoms with Crippen LogP contribution in [0.1, 0.15) is 45.6 Å². The minimum Gasteiger partial charge on any atom is -0.497 e. The summed E-state index contributed by atoms with van der Waals surface area (Å²) in [5.41, 5.74) is 11.4. The molecular formula is C24H30N4O2. The number of nitrogens with two attached hydrogens (primary N) is 1. The molecule has 0 spiro atoms. The van der Waals surface area contributed by atoms with E-state index in [0.717, 1.165) is 58.5 Å². The number of methoxy groups -OCH3 is 1. The number of nitrogen functional groups attached to an aromatic ring is 1. The molecule has 1 atom stereocenters. The summed E-state index contributed by atoms with van der Waals surface area (Å²) in [5, 5.41) is 6.83. The maximum atomic E-state index is 12.1. The van der Waals surface area contributed by atoms with E-state index in [1.54, 1.807) is 7.11 Å². The number of urea groups is 1. The van der Waals surface area contributed by atoms with Gasteiger partial charge in [-0.3, -0.25) is 0 Å². The smallest absolute Gasteiger partial charge is 0.319 e. The molecule has 1 aliphatic rings. The molecule has 0 saturated heterocycles. The number of fused-ring (bicyclic) bond motifs is 1. The van der Waals surface area contributed by atoms with Gasteiger partial charge >= 0.3 is 6.03 Å². The second-order valence-electron chi connectivity index (χ2n) is 8.09. The second kappa shape index (κ2) is 8.30. The predicted octanol–water partition coefficient (Wildman–Crippen LogP) is 5.54. The molecule has 4 rings (SSSR count). The number of rotatable bonds is 6. The van der Waals surface area contributed by atoms with Crippen LogP contribution >= 0.6 is 0 Å². The van der Waals surface area contributed by atoms with Gasteiger partial charge in [0.25, 0.3) is 0 Å². The lowest BCUT2D eigenvalue weighted by Crippen LogP contribution is -2.35. The molecular weight excluding hydrogens is 376 g/mol. The first kappa shape index (κ1) is 20.1. The zero-order valence-electron chi connectivity index (χ0n) is 17.9. The van der Waals surface area contributed by atoms with E-state index in [0.29, 0.717) is 6.04 Å². The molecule has 6 heteroatoms. The Labute approximate surface area is 177 Å². The molecule has 1 unspecified atom stereocenters. The quantitative estimate of drug-likeness (QED) is 0.502. The van der Waals surface area contributed by atoms with Crippen molar-refractivity contribution in [2.24, 2.45) is 0 Å². The first-order valence-electron chi connectivity index (χ1n) is 10.7. The zero-order chi connectivity index (χ0) is 21.3. The highest BCUT2D eigenvalue weighted by atomic mass is 16.5. The Balaban J connectivity index is 1.68. The fourth-order valence-corrected chi connectivity index (χ4v) is 3.97. The standard InChI is InChI=1S/C24H30N4O2/c1-4-15(2)26-24(29)27-17-10-8-16(9-11-17)23-22(25)20-14-19(30-3)12-13-21(20)28(23)18-6-5-7-18/h8-15,18H,4-7,25H2,1-3H3,(H2,26,27,29). The van der Waals surface area contributed by atoms with E-state index in [-0.39, 0.29) is 12.1 Å². The second-order valence-corrected chi connectivity index (χ2v) is 8.09. The van der Waals surface area contributed by atoms with Crippen molar-refractivity contribution in [1.29, 1.82) is 0 Å². The lowest BCUT2D eigenvalue weighted by molar-refractivity contribution is 0.249. The molecule has 4 N–H and O–H groups in total. The molecule has 2 aromatic carbocycles. The molecule has 1 aliphatic carbocycles. The molecule has 0 radical (unpaired) electrons. The predicted molar refractivity (Wildman–Crippen MR) is 123 cm³/mol. The molecule has 1 aromatic heterocycles. The Hall–Kier alpha value is -3.15. The molecule has 6 nitrogen and oxygen atoms in total. The first-order chi connectivity index (χ1) is 14.5. The van der Waals surface area contributed by atoms with Crippen LogP contribution in [0.3, 0.4) is 0 Å². The molecule has 1 fully saturated rings. The molecule has 3 aromatic rings. The number of hydrogen-bond donors (Lipinski definition) is 3. The maximum Gasteiger partial charge on any atom is 0.319 e. The van der Waals surface area contributed by atoms with Gasteiger partial charge in [0.2, 0.25) is 0 Å². The van der Waals surface area contributed by atoms with Gasteiger partial charge in [0.05, 0.1) is 24.0 Å². The number of carbonyl (C=O) groups excluding carboxylic acids is 1. The average Bonchev–Trinajstić information content (AvgIpc) is 2.99. The van der Waals surface area contributed by atoms with Gasteiger partial charge in [-0.15, -0.1) is 0 Å². The Kier molecular flexibility index (Phi) is 5.57. The van der Waals surface area contributed by atoms with Crippen LogP contribution in [0.2, 0.25) is 0 Å². The monoisotopic (exact) mass is 406 g/mol. The van der Waals surface area contributed by atoms with Crippen LogP contribution in [0, 0.1) is 0 Å². The highest BCUT2D eigenvalue weighted by Gasteiger charge is 2.27. The van der Waals surface area contributed by atoms with E-state index in [4.69, 9.17) is 10.5 Å². The van der Waals surface area contributed by atoms with Crippen molar-refractivity contribution < 1.29 is 9.53 Å². The third-order valence-electron chi connectivity index (χ3n) is 6.10. The van der Waals surface area contributed by atoms with E-state index < -0.39 is 0 Å². The Morgan fingerprint density at radius 2 is 1.97 bits per heavy atom. The average molecular weight is 407 g/mol. The number of benzene rings is 2. The third kappa shape index (κ3) is 3.70. The summed E-state index contributed by atoms with van der Waals surface area (Å²) in [6.07, 6.45) is 4.46. The van der Waals surface area contributed by atoms with Crippen LogP contribution in [0.4, 0.5) is 16.2 Å². The van der Waals surface area contributed by atoms with E-state index in [1.165, 1.54) is 6.42 Å². The maximum absolute atomic E-state index is 12.1. The van der Waals surface area contributed by atoms with Gasteiger partial charge in [0, 0.05) is 28.7 Å². The minimum absolute atomic E-state index is 0.138. The Bertz CT molecular complexity index is 1050. The number of hydrogen-bond acceptors (Lipinski definition) is 3. The van der Waals surface area contributed by atoms with Crippen molar-refractivity contribution in [2.75, 3.05) is 18.2 Å². The SMILES string of the molecule is CCC(C)NC(=O)Nc1ccc(-c2c(N)c3cc(OC)ccc3n2C2CCC2)cc1. The molecule has 30 heavy (non-hydrogen) atoms. The summed E-state index contributed by atoms with van der Waals surface area (Å²) in [6, 6.07) is 14.4. The number of nitrogens with one attached hydrogen (secondary N) is 2. The number of amides is 2. The van der Waals surface area contributed by atoms with Crippen LogP contribution in [-0.4, -0.2) is 23.7 Å². The van der Waals surface area contributed by atoms with E-state index in [9.17, 15) is 4.79 Å². The van der Waals surface area contributed by atoms with Crippen molar-refractivity contribution >= 4 is 28.3 Å². The normalized spacial score (nSPS) is 14.9. The summed E-state index contributed by atoms with van der Waals surface area (Å²) in [6.45, 7) is 4.03. The molecule has 0 bridgehead atoms. The number of anilines is 2. The van der Waals surface area contributed by atoms with Crippen LogP contribution in [0.15, 0.2) is 42.5 Å². The van der Waals surface area contributed by atoms with Gasteiger partial charge in [0.15, 0.2) is 0 Å². The fourth-order valence-electron chi connectivity index (χ4n) is 3.97. The van der Waals surface area contributed by atoms with Crippen molar-refractivity contribution in [2.45, 2.75) is 51.6 Å². The van der Waals surface area contributed by atoms with Crippen molar-refractivity contribution in [3.8, 4) is 17.0 Å². The van der Waals surface area contributed by atoms with Crippen molar-refractivity contribution in [3.05, 3.63) is 42.5 Å². The topological polar surface area (TPSA) is 81.3 Å². The Morgan fingerprint density at radius 3 is 2.57 bits per heavy atom. The summed E-state index contributed by atoms with van der Waals surface area (Å²) < 4.78 is 7.79. The summed E-state index contributed by atoms with van der Waals surface area (Å²) in [4.78, 5) is 12.1. The van der Waals surface area contributed by atoms with Crippen molar-refractivity contribution in [1.82, 2.24) is 9.88 Å². The number of aromatic nitrogens is 1. The highest BCUT2D eigenvalue weighted by Crippen LogP contribution is 2.44. The third-order valence-corrected chi connectivity index (χ3v) is 6.10. The fraction of sp³-hybridized carbons (Fsp3) is 0.375. The molecule has 158 valence electrons. The van der Waals surface area contributed by atoms with Crippen LogP contribution in [-0.2, 0) is 0 Å². The summed E-state index contributed by atoms with van der Waals surface area (Å²) >= 11 is 0. The van der Waals surface area contributed by atoms with Crippen LogP contribution in [0.5, 0.6) is 5.75 Å². The van der Waals surface area contributed by atoms with Gasteiger partial charge in [-0.1, -0.05) is 19.1 Å². The van der Waals surface area contributed by atoms with E-state index >= 15 is 0 Å². The van der Waals surface area contributed by atoms with Gasteiger partial charge in [0.1, 0.15) is 5.75 Å². The summed E-state index contributed by atoms with van der Waals surface area (Å²) in [7, 11) is 1.67. The lowest BCUT2D eigenvalue weighted by Gasteiger charge is -2.30. The highest BCUT2D eigenvalue weighted by molar-refractivity contribution is 6.02. The lowest BCUT2D eigenvalue weighted by atomic mass is 9.92. The van der Waals surface area contributed by atoms with Gasteiger partial charge in [-0.05, 0) is 62.9 Å². The summed E-state index contributed by atoms with van der Waals surface area (Å²) in [5.74, 6) is 0.804.